The standard InChI is InChI=1S/C11H12BrN3O2S/c1-7-5-8(10(12)18-7)11(16)15(2)4-3-9-13-6-17-14-9/h5-6H,3-4H2,1-2H3. The van der Waals surface area contributed by atoms with Gasteiger partial charge in [0.1, 0.15) is 0 Å². The lowest BCUT2D eigenvalue weighted by molar-refractivity contribution is 0.0795. The number of rotatable bonds is 4. The molecule has 2 rings (SSSR count). The van der Waals surface area contributed by atoms with Gasteiger partial charge in [-0.05, 0) is 28.9 Å². The van der Waals surface area contributed by atoms with E-state index >= 15 is 0 Å². The van der Waals surface area contributed by atoms with Crippen LogP contribution in [0.15, 0.2) is 20.8 Å². The number of carbonyl (C=O) groups excluding carboxylic acids is 1. The summed E-state index contributed by atoms with van der Waals surface area (Å²) in [5.41, 5.74) is 0.702. The number of amides is 1. The first-order valence-corrected chi connectivity index (χ1v) is 6.95. The fourth-order valence-corrected chi connectivity index (χ4v) is 3.27. The topological polar surface area (TPSA) is 59.2 Å². The zero-order valence-corrected chi connectivity index (χ0v) is 12.4. The number of thiophene rings is 1. The lowest BCUT2D eigenvalue weighted by atomic mass is 10.2. The first kappa shape index (κ1) is 13.2. The molecule has 2 heterocycles. The van der Waals surface area contributed by atoms with Gasteiger partial charge >= 0.3 is 0 Å². The minimum atomic E-state index is -0.00489. The Bertz CT molecular complexity index is 538. The molecule has 1 amide bonds. The number of likely N-dealkylation sites (N-methyl/N-ethyl adjacent to an activating group) is 1. The fourth-order valence-electron chi connectivity index (χ4n) is 1.51. The Morgan fingerprint density at radius 1 is 1.61 bits per heavy atom. The summed E-state index contributed by atoms with van der Waals surface area (Å²) >= 11 is 4.97. The number of aromatic nitrogens is 2. The highest BCUT2D eigenvalue weighted by Gasteiger charge is 2.17. The molecular formula is C11H12BrN3O2S. The monoisotopic (exact) mass is 329 g/mol. The van der Waals surface area contributed by atoms with E-state index in [1.807, 2.05) is 13.0 Å². The van der Waals surface area contributed by atoms with Crippen molar-refractivity contribution >= 4 is 33.2 Å². The van der Waals surface area contributed by atoms with Crippen LogP contribution in [0.5, 0.6) is 0 Å². The van der Waals surface area contributed by atoms with Gasteiger partial charge in [0.2, 0.25) is 6.39 Å². The molecule has 0 saturated heterocycles. The van der Waals surface area contributed by atoms with Crippen molar-refractivity contribution < 1.29 is 9.32 Å². The quantitative estimate of drug-likeness (QED) is 0.864. The van der Waals surface area contributed by atoms with Crippen LogP contribution in [0.3, 0.4) is 0 Å². The average molecular weight is 330 g/mol. The van der Waals surface area contributed by atoms with Crippen molar-refractivity contribution in [2.75, 3.05) is 13.6 Å². The molecule has 5 nitrogen and oxygen atoms in total. The summed E-state index contributed by atoms with van der Waals surface area (Å²) in [5.74, 6) is 0.602. The number of halogens is 1. The Balaban J connectivity index is 1.98. The van der Waals surface area contributed by atoms with Crippen LogP contribution in [-0.4, -0.2) is 34.5 Å². The maximum atomic E-state index is 12.2. The van der Waals surface area contributed by atoms with Crippen molar-refractivity contribution in [2.24, 2.45) is 0 Å². The van der Waals surface area contributed by atoms with E-state index in [0.29, 0.717) is 24.4 Å². The highest BCUT2D eigenvalue weighted by molar-refractivity contribution is 9.11. The van der Waals surface area contributed by atoms with Gasteiger partial charge < -0.3 is 9.42 Å². The Morgan fingerprint density at radius 2 is 2.39 bits per heavy atom. The molecule has 0 N–H and O–H groups in total. The second-order valence-electron chi connectivity index (χ2n) is 3.87. The molecule has 2 aromatic rings. The molecule has 7 heteroatoms. The van der Waals surface area contributed by atoms with Crippen molar-refractivity contribution in [3.05, 3.63) is 32.5 Å². The molecule has 0 aromatic carbocycles. The summed E-state index contributed by atoms with van der Waals surface area (Å²) in [6.07, 6.45) is 1.87. The third-order valence-electron chi connectivity index (χ3n) is 2.46. The predicted molar refractivity (Wildman–Crippen MR) is 71.7 cm³/mol. The Kier molecular flexibility index (Phi) is 4.13. The van der Waals surface area contributed by atoms with Crippen molar-refractivity contribution in [2.45, 2.75) is 13.3 Å². The van der Waals surface area contributed by atoms with Gasteiger partial charge in [0, 0.05) is 24.9 Å². The second kappa shape index (κ2) is 5.62. The van der Waals surface area contributed by atoms with E-state index in [-0.39, 0.29) is 5.91 Å². The maximum Gasteiger partial charge on any atom is 0.255 e. The number of hydrogen-bond donors (Lipinski definition) is 0. The van der Waals surface area contributed by atoms with Gasteiger partial charge in [0.25, 0.3) is 5.91 Å². The first-order valence-electron chi connectivity index (χ1n) is 5.34. The van der Waals surface area contributed by atoms with Gasteiger partial charge in [-0.3, -0.25) is 4.79 Å². The van der Waals surface area contributed by atoms with Crippen LogP contribution < -0.4 is 0 Å². The summed E-state index contributed by atoms with van der Waals surface area (Å²) in [6, 6.07) is 1.89. The van der Waals surface area contributed by atoms with Gasteiger partial charge in [-0.2, -0.15) is 4.98 Å². The van der Waals surface area contributed by atoms with Crippen molar-refractivity contribution in [1.29, 1.82) is 0 Å². The lowest BCUT2D eigenvalue weighted by Crippen LogP contribution is -2.28. The maximum absolute atomic E-state index is 12.2. The van der Waals surface area contributed by atoms with Gasteiger partial charge in [0.15, 0.2) is 5.82 Å². The lowest BCUT2D eigenvalue weighted by Gasteiger charge is -2.15. The minimum Gasteiger partial charge on any atom is -0.343 e. The molecule has 0 aliphatic heterocycles. The van der Waals surface area contributed by atoms with Crippen LogP contribution in [-0.2, 0) is 6.42 Å². The second-order valence-corrected chi connectivity index (χ2v) is 6.44. The molecule has 0 aliphatic carbocycles. The van der Waals surface area contributed by atoms with Gasteiger partial charge in [-0.25, -0.2) is 0 Å². The highest BCUT2D eigenvalue weighted by atomic mass is 79.9. The zero-order valence-electron chi connectivity index (χ0n) is 10.0. The summed E-state index contributed by atoms with van der Waals surface area (Å²) in [6.45, 7) is 2.53. The summed E-state index contributed by atoms with van der Waals surface area (Å²) in [4.78, 5) is 18.9. The molecular weight excluding hydrogens is 318 g/mol. The van der Waals surface area contributed by atoms with E-state index in [9.17, 15) is 4.79 Å². The fraction of sp³-hybridized carbons (Fsp3) is 0.364. The summed E-state index contributed by atoms with van der Waals surface area (Å²) in [7, 11) is 1.77. The Labute approximate surface area is 117 Å². The molecule has 18 heavy (non-hydrogen) atoms. The smallest absolute Gasteiger partial charge is 0.255 e. The SMILES string of the molecule is Cc1cc(C(=O)N(C)CCc2ncon2)c(Br)s1. The predicted octanol–water partition coefficient (Wildman–Crippen LogP) is 2.52. The zero-order chi connectivity index (χ0) is 13.1. The molecule has 96 valence electrons. The molecule has 0 aliphatic rings. The van der Waals surface area contributed by atoms with Crippen molar-refractivity contribution in [3.63, 3.8) is 0 Å². The molecule has 0 bridgehead atoms. The number of hydrogen-bond acceptors (Lipinski definition) is 5. The van der Waals surface area contributed by atoms with Crippen LogP contribution in [0, 0.1) is 6.92 Å². The molecule has 2 aromatic heterocycles. The summed E-state index contributed by atoms with van der Waals surface area (Å²) in [5, 5.41) is 3.71. The summed E-state index contributed by atoms with van der Waals surface area (Å²) < 4.78 is 5.52. The molecule has 0 fully saturated rings. The van der Waals surface area contributed by atoms with Gasteiger partial charge in [-0.15, -0.1) is 11.3 Å². The third kappa shape index (κ3) is 2.97. The van der Waals surface area contributed by atoms with Crippen LogP contribution in [0.1, 0.15) is 21.1 Å². The third-order valence-corrected chi connectivity index (χ3v) is 4.22. The van der Waals surface area contributed by atoms with Gasteiger partial charge in [0.05, 0.1) is 9.35 Å². The van der Waals surface area contributed by atoms with E-state index in [2.05, 4.69) is 30.6 Å². The normalized spacial score (nSPS) is 10.6. The minimum absolute atomic E-state index is 0.00489. The Morgan fingerprint density at radius 3 is 2.94 bits per heavy atom. The van der Waals surface area contributed by atoms with E-state index in [0.717, 1.165) is 8.66 Å². The van der Waals surface area contributed by atoms with E-state index in [1.54, 1.807) is 23.3 Å². The van der Waals surface area contributed by atoms with E-state index < -0.39 is 0 Å². The van der Waals surface area contributed by atoms with Gasteiger partial charge in [-0.1, -0.05) is 5.16 Å². The van der Waals surface area contributed by atoms with E-state index in [4.69, 9.17) is 0 Å². The first-order chi connectivity index (χ1) is 8.58. The number of carbonyl (C=O) groups is 1. The number of aryl methyl sites for hydroxylation is 1. The molecule has 0 spiro atoms. The molecule has 0 saturated carbocycles. The molecule has 0 unspecified atom stereocenters. The van der Waals surface area contributed by atoms with Crippen LogP contribution in [0.4, 0.5) is 0 Å². The molecule has 0 radical (unpaired) electrons. The molecule has 0 atom stereocenters. The average Bonchev–Trinajstić information content (AvgIpc) is 2.94. The van der Waals surface area contributed by atoms with Crippen LogP contribution in [0.25, 0.3) is 0 Å². The Hall–Kier alpha value is -1.21. The van der Waals surface area contributed by atoms with Crippen LogP contribution >= 0.6 is 27.3 Å². The van der Waals surface area contributed by atoms with Crippen molar-refractivity contribution in [1.82, 2.24) is 15.0 Å². The van der Waals surface area contributed by atoms with E-state index in [1.165, 1.54) is 6.39 Å². The largest absolute Gasteiger partial charge is 0.343 e. The van der Waals surface area contributed by atoms with Crippen molar-refractivity contribution in [3.8, 4) is 0 Å². The van der Waals surface area contributed by atoms with Crippen LogP contribution in [0.2, 0.25) is 0 Å². The highest BCUT2D eigenvalue weighted by Crippen LogP contribution is 2.28. The number of nitrogens with zero attached hydrogens (tertiary/aromatic N) is 3.